The van der Waals surface area contributed by atoms with Gasteiger partial charge in [-0.25, -0.2) is 0 Å². The van der Waals surface area contributed by atoms with Crippen molar-refractivity contribution in [3.8, 4) is 0 Å². The monoisotopic (exact) mass is 191 g/mol. The summed E-state index contributed by atoms with van der Waals surface area (Å²) in [6.07, 6.45) is 2.23. The zero-order valence-electron chi connectivity index (χ0n) is 8.43. The van der Waals surface area contributed by atoms with Gasteiger partial charge in [0.25, 0.3) is 0 Å². The molecule has 0 aliphatic heterocycles. The zero-order chi connectivity index (χ0) is 9.40. The fraction of sp³-hybridized carbons (Fsp3) is 1.00. The van der Waals surface area contributed by atoms with Crippen molar-refractivity contribution in [2.75, 3.05) is 18.1 Å². The molecule has 3 heteroatoms. The Hall–Kier alpha value is 0.110. The summed E-state index contributed by atoms with van der Waals surface area (Å²) in [7, 11) is -0.614. The molecule has 2 nitrogen and oxygen atoms in total. The highest BCUT2D eigenvalue weighted by Crippen LogP contribution is 1.94. The van der Waals surface area contributed by atoms with Gasteiger partial charge in [0.1, 0.15) is 0 Å². The summed E-state index contributed by atoms with van der Waals surface area (Å²) in [6, 6.07) is 0.396. The lowest BCUT2D eigenvalue weighted by Gasteiger charge is -2.10. The first-order valence-electron chi connectivity index (χ1n) is 4.79. The Morgan fingerprint density at radius 3 is 2.58 bits per heavy atom. The third-order valence-electron chi connectivity index (χ3n) is 1.71. The summed E-state index contributed by atoms with van der Waals surface area (Å²) in [6.45, 7) is 7.26. The third kappa shape index (κ3) is 6.80. The molecule has 0 heterocycles. The molecule has 0 fully saturated rings. The molecule has 74 valence electrons. The van der Waals surface area contributed by atoms with Crippen molar-refractivity contribution in [1.82, 2.24) is 5.32 Å². The predicted molar refractivity (Wildman–Crippen MR) is 55.9 cm³/mol. The molecule has 0 aromatic rings. The molecule has 0 radical (unpaired) electrons. The van der Waals surface area contributed by atoms with Crippen LogP contribution in [0.3, 0.4) is 0 Å². The van der Waals surface area contributed by atoms with Gasteiger partial charge in [-0.05, 0) is 19.9 Å². The molecule has 0 amide bonds. The van der Waals surface area contributed by atoms with Crippen molar-refractivity contribution in [3.63, 3.8) is 0 Å². The fourth-order valence-corrected chi connectivity index (χ4v) is 2.53. The van der Waals surface area contributed by atoms with Crippen LogP contribution < -0.4 is 5.32 Å². The molecule has 0 aromatic heterocycles. The van der Waals surface area contributed by atoms with E-state index in [4.69, 9.17) is 0 Å². The summed E-state index contributed by atoms with van der Waals surface area (Å²) in [5.41, 5.74) is 0. The molecule has 0 aromatic carbocycles. The Kier molecular flexibility index (Phi) is 7.81. The Morgan fingerprint density at radius 1 is 1.42 bits per heavy atom. The van der Waals surface area contributed by atoms with Crippen LogP contribution in [0.1, 0.15) is 33.6 Å². The van der Waals surface area contributed by atoms with Crippen LogP contribution in [0.5, 0.6) is 0 Å². The smallest absolute Gasteiger partial charge is 0.0386 e. The molecule has 0 spiro atoms. The minimum absolute atomic E-state index is 0.396. The highest BCUT2D eigenvalue weighted by atomic mass is 32.2. The average molecular weight is 191 g/mol. The minimum Gasteiger partial charge on any atom is -0.314 e. The lowest BCUT2D eigenvalue weighted by Crippen LogP contribution is -2.31. The highest BCUT2D eigenvalue weighted by molar-refractivity contribution is 7.85. The SMILES string of the molecule is CCCCS(=O)CC(C)NCC. The highest BCUT2D eigenvalue weighted by Gasteiger charge is 2.04. The third-order valence-corrected chi connectivity index (χ3v) is 3.33. The van der Waals surface area contributed by atoms with Crippen LogP contribution in [-0.2, 0) is 10.8 Å². The average Bonchev–Trinajstić information content (AvgIpc) is 2.01. The summed E-state index contributed by atoms with van der Waals surface area (Å²) < 4.78 is 11.4. The standard InChI is InChI=1S/C9H21NOS/c1-4-6-7-12(11)8-9(3)10-5-2/h9-10H,4-8H2,1-3H3. The molecule has 0 rings (SSSR count). The van der Waals surface area contributed by atoms with Crippen molar-refractivity contribution >= 4 is 10.8 Å². The van der Waals surface area contributed by atoms with Gasteiger partial charge in [0.2, 0.25) is 0 Å². The molecule has 1 N–H and O–H groups in total. The summed E-state index contributed by atoms with van der Waals surface area (Å²) in [5, 5.41) is 3.26. The normalized spacial score (nSPS) is 15.9. The van der Waals surface area contributed by atoms with Crippen LogP contribution in [0.4, 0.5) is 0 Å². The molecule has 0 bridgehead atoms. The quantitative estimate of drug-likeness (QED) is 0.661. The van der Waals surface area contributed by atoms with E-state index < -0.39 is 10.8 Å². The molecule has 2 unspecified atom stereocenters. The van der Waals surface area contributed by atoms with Crippen LogP contribution in [0.15, 0.2) is 0 Å². The first-order chi connectivity index (χ1) is 5.70. The first kappa shape index (κ1) is 12.1. The second-order valence-corrected chi connectivity index (χ2v) is 4.74. The Balaban J connectivity index is 3.40. The van der Waals surface area contributed by atoms with E-state index in [9.17, 15) is 4.21 Å². The van der Waals surface area contributed by atoms with Gasteiger partial charge in [-0.3, -0.25) is 4.21 Å². The lowest BCUT2D eigenvalue weighted by molar-refractivity contribution is 0.606. The molecule has 0 aliphatic carbocycles. The van der Waals surface area contributed by atoms with E-state index in [-0.39, 0.29) is 0 Å². The molecular formula is C9H21NOS. The van der Waals surface area contributed by atoms with E-state index in [1.165, 1.54) is 0 Å². The van der Waals surface area contributed by atoms with E-state index in [0.29, 0.717) is 6.04 Å². The van der Waals surface area contributed by atoms with Crippen molar-refractivity contribution in [1.29, 1.82) is 0 Å². The fourth-order valence-electron chi connectivity index (χ4n) is 1.07. The number of rotatable bonds is 7. The molecule has 0 saturated heterocycles. The Labute approximate surface area is 78.6 Å². The first-order valence-corrected chi connectivity index (χ1v) is 6.27. The van der Waals surface area contributed by atoms with Gasteiger partial charge in [-0.2, -0.15) is 0 Å². The largest absolute Gasteiger partial charge is 0.314 e. The van der Waals surface area contributed by atoms with E-state index >= 15 is 0 Å². The number of unbranched alkanes of at least 4 members (excludes halogenated alkanes) is 1. The Morgan fingerprint density at radius 2 is 2.08 bits per heavy atom. The van der Waals surface area contributed by atoms with Crippen molar-refractivity contribution < 1.29 is 4.21 Å². The summed E-state index contributed by atoms with van der Waals surface area (Å²) >= 11 is 0. The van der Waals surface area contributed by atoms with Crippen molar-refractivity contribution in [2.24, 2.45) is 0 Å². The number of hydrogen-bond donors (Lipinski definition) is 1. The minimum atomic E-state index is -0.614. The topological polar surface area (TPSA) is 29.1 Å². The summed E-state index contributed by atoms with van der Waals surface area (Å²) in [4.78, 5) is 0. The maximum atomic E-state index is 11.4. The van der Waals surface area contributed by atoms with E-state index in [2.05, 4.69) is 26.1 Å². The maximum Gasteiger partial charge on any atom is 0.0386 e. The van der Waals surface area contributed by atoms with E-state index in [1.54, 1.807) is 0 Å². The molecule has 12 heavy (non-hydrogen) atoms. The summed E-state index contributed by atoms with van der Waals surface area (Å²) in [5.74, 6) is 1.67. The Bertz CT molecular complexity index is 128. The maximum absolute atomic E-state index is 11.4. The van der Waals surface area contributed by atoms with Crippen molar-refractivity contribution in [2.45, 2.75) is 39.7 Å². The number of nitrogens with one attached hydrogen (secondary N) is 1. The van der Waals surface area contributed by atoms with Gasteiger partial charge in [-0.15, -0.1) is 0 Å². The van der Waals surface area contributed by atoms with Crippen LogP contribution in [0, 0.1) is 0 Å². The lowest BCUT2D eigenvalue weighted by atomic mass is 10.4. The predicted octanol–water partition coefficient (Wildman–Crippen LogP) is 1.53. The van der Waals surface area contributed by atoms with Crippen molar-refractivity contribution in [3.05, 3.63) is 0 Å². The van der Waals surface area contributed by atoms with Gasteiger partial charge in [0.15, 0.2) is 0 Å². The van der Waals surface area contributed by atoms with E-state index in [0.717, 1.165) is 30.9 Å². The van der Waals surface area contributed by atoms with Gasteiger partial charge in [-0.1, -0.05) is 20.3 Å². The molecule has 0 aliphatic rings. The second-order valence-electron chi connectivity index (χ2n) is 3.12. The van der Waals surface area contributed by atoms with E-state index in [1.807, 2.05) is 0 Å². The van der Waals surface area contributed by atoms with Crippen LogP contribution in [0.2, 0.25) is 0 Å². The van der Waals surface area contributed by atoms with Crippen LogP contribution >= 0.6 is 0 Å². The van der Waals surface area contributed by atoms with Gasteiger partial charge in [0, 0.05) is 28.3 Å². The van der Waals surface area contributed by atoms with Crippen LogP contribution in [0.25, 0.3) is 0 Å². The van der Waals surface area contributed by atoms with Gasteiger partial charge < -0.3 is 5.32 Å². The van der Waals surface area contributed by atoms with Crippen LogP contribution in [-0.4, -0.2) is 28.3 Å². The molecule has 2 atom stereocenters. The second kappa shape index (κ2) is 7.74. The molecular weight excluding hydrogens is 170 g/mol. The molecule has 0 saturated carbocycles. The number of hydrogen-bond acceptors (Lipinski definition) is 2. The zero-order valence-corrected chi connectivity index (χ0v) is 9.25. The van der Waals surface area contributed by atoms with Gasteiger partial charge >= 0.3 is 0 Å². The van der Waals surface area contributed by atoms with Gasteiger partial charge in [0.05, 0.1) is 0 Å².